The van der Waals surface area contributed by atoms with Crippen molar-refractivity contribution in [2.75, 3.05) is 18.4 Å². The molecule has 1 aromatic carbocycles. The lowest BCUT2D eigenvalue weighted by molar-refractivity contribution is -0.120. The van der Waals surface area contributed by atoms with Gasteiger partial charge in [-0.2, -0.15) is 9.29 Å². The standard InChI is InChI=1S/C24H30N4O4S2/c1-14(2)24-26-22(27-32-24)20-12-21(17(5)33-20)34(30,31)28-8-6-7-18(13-28)23(29)25-19-10-15(3)9-16(4)11-19/h9-12,14,18H,6-8,13H2,1-5H3,(H,25,29)/t18-/m0/s1. The third-order valence-corrected chi connectivity index (χ3v) is 9.06. The Morgan fingerprint density at radius 2 is 1.88 bits per heavy atom. The SMILES string of the molecule is Cc1cc(C)cc(NC(=O)[C@H]2CCCN(S(=O)(=O)c3cc(-c4noc(C(C)C)n4)sc3C)C2)c1. The zero-order valence-electron chi connectivity index (χ0n) is 20.1. The van der Waals surface area contributed by atoms with Gasteiger partial charge in [0.25, 0.3) is 0 Å². The summed E-state index contributed by atoms with van der Waals surface area (Å²) in [6.45, 7) is 10.2. The van der Waals surface area contributed by atoms with E-state index in [1.165, 1.54) is 15.6 Å². The molecule has 1 saturated heterocycles. The van der Waals surface area contributed by atoms with Crippen molar-refractivity contribution in [2.24, 2.45) is 5.92 Å². The Kier molecular flexibility index (Phi) is 6.93. The van der Waals surface area contributed by atoms with Gasteiger partial charge in [0.1, 0.15) is 0 Å². The summed E-state index contributed by atoms with van der Waals surface area (Å²) >= 11 is 1.32. The molecule has 0 aliphatic carbocycles. The minimum atomic E-state index is -3.76. The fourth-order valence-electron chi connectivity index (χ4n) is 4.21. The zero-order valence-corrected chi connectivity index (χ0v) is 21.7. The number of carbonyl (C=O) groups excluding carboxylic acids is 1. The molecule has 1 aliphatic rings. The lowest BCUT2D eigenvalue weighted by Crippen LogP contribution is -2.43. The third-order valence-electron chi connectivity index (χ3n) is 5.89. The molecular formula is C24H30N4O4S2. The van der Waals surface area contributed by atoms with Crippen LogP contribution in [0, 0.1) is 26.7 Å². The van der Waals surface area contributed by atoms with E-state index in [1.54, 1.807) is 13.0 Å². The van der Waals surface area contributed by atoms with Crippen molar-refractivity contribution in [3.63, 3.8) is 0 Å². The van der Waals surface area contributed by atoms with Crippen molar-refractivity contribution in [1.82, 2.24) is 14.4 Å². The average molecular weight is 503 g/mol. The first-order valence-corrected chi connectivity index (χ1v) is 13.6. The van der Waals surface area contributed by atoms with Crippen LogP contribution in [0.5, 0.6) is 0 Å². The zero-order chi connectivity index (χ0) is 24.6. The van der Waals surface area contributed by atoms with Crippen molar-refractivity contribution < 1.29 is 17.7 Å². The smallest absolute Gasteiger partial charge is 0.244 e. The van der Waals surface area contributed by atoms with E-state index < -0.39 is 15.9 Å². The van der Waals surface area contributed by atoms with Crippen LogP contribution in [-0.4, -0.2) is 41.9 Å². The number of nitrogens with zero attached hydrogens (tertiary/aromatic N) is 3. The van der Waals surface area contributed by atoms with Crippen molar-refractivity contribution in [3.8, 4) is 10.7 Å². The number of rotatable bonds is 6. The molecule has 1 aliphatic heterocycles. The summed E-state index contributed by atoms with van der Waals surface area (Å²) in [6.07, 6.45) is 1.28. The number of carbonyl (C=O) groups is 1. The van der Waals surface area contributed by atoms with Crippen LogP contribution in [0.1, 0.15) is 54.5 Å². The van der Waals surface area contributed by atoms with Crippen LogP contribution in [0.2, 0.25) is 0 Å². The van der Waals surface area contributed by atoms with Gasteiger partial charge < -0.3 is 9.84 Å². The number of hydrogen-bond donors (Lipinski definition) is 1. The van der Waals surface area contributed by atoms with Crippen LogP contribution in [0.15, 0.2) is 33.7 Å². The number of thiophene rings is 1. The second kappa shape index (κ2) is 9.59. The predicted octanol–water partition coefficient (Wildman–Crippen LogP) is 4.89. The van der Waals surface area contributed by atoms with Crippen molar-refractivity contribution in [3.05, 3.63) is 46.2 Å². The Labute approximate surface area is 204 Å². The molecule has 182 valence electrons. The fraction of sp³-hybridized carbons (Fsp3) is 0.458. The molecule has 3 aromatic rings. The molecule has 1 N–H and O–H groups in total. The molecule has 0 bridgehead atoms. The van der Waals surface area contributed by atoms with Crippen LogP contribution in [0.3, 0.4) is 0 Å². The van der Waals surface area contributed by atoms with E-state index in [0.29, 0.717) is 40.9 Å². The summed E-state index contributed by atoms with van der Waals surface area (Å²) in [6, 6.07) is 7.49. The number of piperidine rings is 1. The second-order valence-corrected chi connectivity index (χ2v) is 12.4. The van der Waals surface area contributed by atoms with E-state index in [0.717, 1.165) is 16.8 Å². The molecule has 3 heterocycles. The summed E-state index contributed by atoms with van der Waals surface area (Å²) in [5.74, 6) is 0.432. The van der Waals surface area contributed by atoms with Crippen LogP contribution < -0.4 is 5.32 Å². The molecule has 34 heavy (non-hydrogen) atoms. The number of anilines is 1. The summed E-state index contributed by atoms with van der Waals surface area (Å²) in [4.78, 5) is 18.9. The van der Waals surface area contributed by atoms with E-state index >= 15 is 0 Å². The van der Waals surface area contributed by atoms with Crippen LogP contribution in [-0.2, 0) is 14.8 Å². The van der Waals surface area contributed by atoms with Gasteiger partial charge in [-0.3, -0.25) is 4.79 Å². The molecule has 10 heteroatoms. The van der Waals surface area contributed by atoms with E-state index in [-0.39, 0.29) is 23.3 Å². The normalized spacial score (nSPS) is 17.3. The number of hydrogen-bond acceptors (Lipinski definition) is 7. The lowest BCUT2D eigenvalue weighted by Gasteiger charge is -2.31. The topological polar surface area (TPSA) is 105 Å². The van der Waals surface area contributed by atoms with Gasteiger partial charge in [-0.1, -0.05) is 25.1 Å². The monoisotopic (exact) mass is 502 g/mol. The quantitative estimate of drug-likeness (QED) is 0.515. The molecule has 2 aromatic heterocycles. The fourth-order valence-corrected chi connectivity index (χ4v) is 7.22. The van der Waals surface area contributed by atoms with Crippen LogP contribution in [0.25, 0.3) is 10.7 Å². The molecule has 1 amide bonds. The molecule has 0 saturated carbocycles. The summed E-state index contributed by atoms with van der Waals surface area (Å²) in [5, 5.41) is 6.98. The molecule has 0 radical (unpaired) electrons. The second-order valence-electron chi connectivity index (χ2n) is 9.21. The minimum absolute atomic E-state index is 0.0886. The first-order valence-electron chi connectivity index (χ1n) is 11.4. The van der Waals surface area contributed by atoms with Gasteiger partial charge >= 0.3 is 0 Å². The largest absolute Gasteiger partial charge is 0.339 e. The summed E-state index contributed by atoms with van der Waals surface area (Å²) < 4.78 is 33.7. The molecule has 1 atom stereocenters. The van der Waals surface area contributed by atoms with E-state index in [1.807, 2.05) is 45.9 Å². The summed E-state index contributed by atoms with van der Waals surface area (Å²) in [5.41, 5.74) is 2.87. The highest BCUT2D eigenvalue weighted by atomic mass is 32.2. The Morgan fingerprint density at radius 3 is 2.53 bits per heavy atom. The van der Waals surface area contributed by atoms with Gasteiger partial charge in [0.15, 0.2) is 0 Å². The molecule has 8 nitrogen and oxygen atoms in total. The number of aryl methyl sites for hydroxylation is 3. The van der Waals surface area contributed by atoms with Crippen molar-refractivity contribution in [2.45, 2.75) is 58.3 Å². The number of sulfonamides is 1. The van der Waals surface area contributed by atoms with Gasteiger partial charge in [-0.05, 0) is 62.9 Å². The predicted molar refractivity (Wildman–Crippen MR) is 132 cm³/mol. The maximum Gasteiger partial charge on any atom is 0.244 e. The lowest BCUT2D eigenvalue weighted by atomic mass is 9.98. The molecule has 4 rings (SSSR count). The highest BCUT2D eigenvalue weighted by Crippen LogP contribution is 2.35. The Hall–Kier alpha value is -2.56. The Morgan fingerprint density at radius 1 is 1.18 bits per heavy atom. The molecule has 0 unspecified atom stereocenters. The van der Waals surface area contributed by atoms with Crippen molar-refractivity contribution >= 4 is 33.0 Å². The van der Waals surface area contributed by atoms with Crippen LogP contribution >= 0.6 is 11.3 Å². The number of aromatic nitrogens is 2. The average Bonchev–Trinajstić information content (AvgIpc) is 3.40. The van der Waals surface area contributed by atoms with Gasteiger partial charge in [0.2, 0.25) is 27.6 Å². The first-order chi connectivity index (χ1) is 16.0. The van der Waals surface area contributed by atoms with Gasteiger partial charge in [-0.25, -0.2) is 8.42 Å². The number of amides is 1. The highest BCUT2D eigenvalue weighted by molar-refractivity contribution is 7.89. The van der Waals surface area contributed by atoms with Gasteiger partial charge in [0, 0.05) is 29.6 Å². The van der Waals surface area contributed by atoms with E-state index in [4.69, 9.17) is 4.52 Å². The number of nitrogens with one attached hydrogen (secondary N) is 1. The summed E-state index contributed by atoms with van der Waals surface area (Å²) in [7, 11) is -3.76. The van der Waals surface area contributed by atoms with E-state index in [2.05, 4.69) is 15.5 Å². The first kappa shape index (κ1) is 24.6. The Balaban J connectivity index is 1.52. The van der Waals surface area contributed by atoms with Crippen molar-refractivity contribution in [1.29, 1.82) is 0 Å². The highest BCUT2D eigenvalue weighted by Gasteiger charge is 2.35. The third kappa shape index (κ3) is 5.08. The maximum atomic E-state index is 13.5. The maximum absolute atomic E-state index is 13.5. The minimum Gasteiger partial charge on any atom is -0.339 e. The molecule has 0 spiro atoms. The molecule has 1 fully saturated rings. The van der Waals surface area contributed by atoms with Crippen LogP contribution in [0.4, 0.5) is 5.69 Å². The molecular weight excluding hydrogens is 472 g/mol. The van der Waals surface area contributed by atoms with Gasteiger partial charge in [0.05, 0.1) is 15.7 Å². The Bertz CT molecular complexity index is 1290. The van der Waals surface area contributed by atoms with Gasteiger partial charge in [-0.15, -0.1) is 11.3 Å². The number of benzene rings is 1. The van der Waals surface area contributed by atoms with E-state index in [9.17, 15) is 13.2 Å².